The molecule has 0 bridgehead atoms. The van der Waals surface area contributed by atoms with Gasteiger partial charge in [0.15, 0.2) is 0 Å². The van der Waals surface area contributed by atoms with E-state index < -0.39 is 72.4 Å². The van der Waals surface area contributed by atoms with Crippen LogP contribution in [0.3, 0.4) is 0 Å². The summed E-state index contributed by atoms with van der Waals surface area (Å²) in [5.41, 5.74) is 5.21. The number of aliphatic hydroxyl groups is 1. The Morgan fingerprint density at radius 3 is 1.54 bits per heavy atom. The van der Waals surface area contributed by atoms with Crippen molar-refractivity contribution in [3.8, 4) is 16.9 Å². The standard InChI is InChI=1S/C59H64N4O13/c1-39-25-26-44(45-27-28-52(72-35-40-17-9-5-10-18-40)47(30-45)32-50(54(66)67)63-57(70)75-38-43-23-15-8-16-24-43)29-46(39)31-51(55(68)73-36-41-19-11-6-12-20-41)61-53(65)49(62-58(71)76-59(2,3)4)33-48(64)34-60-56(69)74-37-42-21-13-7-14-22-42/h5-30,48-51,64H,31-38H2,1-4H3,(H,60,69)(H,61,65)(H,62,71)(H,63,70)(H,66,67)/t48-,49+,50+,51+/m1/s1. The van der Waals surface area contributed by atoms with Crippen molar-refractivity contribution >= 4 is 36.1 Å². The number of alkyl carbamates (subject to hydrolysis) is 3. The summed E-state index contributed by atoms with van der Waals surface area (Å²) in [4.78, 5) is 79.8. The number of hydrogen-bond donors (Lipinski definition) is 6. The molecule has 0 aliphatic rings. The van der Waals surface area contributed by atoms with Gasteiger partial charge in [-0.05, 0) is 89.9 Å². The highest BCUT2D eigenvalue weighted by atomic mass is 16.6. The number of ether oxygens (including phenoxy) is 5. The van der Waals surface area contributed by atoms with Crippen molar-refractivity contribution in [2.45, 2.75) is 103 Å². The molecule has 0 spiro atoms. The average Bonchev–Trinajstić information content (AvgIpc) is 3.41. The van der Waals surface area contributed by atoms with E-state index in [0.717, 1.165) is 22.3 Å². The van der Waals surface area contributed by atoms with Crippen molar-refractivity contribution < 1.29 is 62.7 Å². The molecule has 17 heteroatoms. The monoisotopic (exact) mass is 1040 g/mol. The van der Waals surface area contributed by atoms with E-state index in [1.54, 1.807) is 112 Å². The molecule has 4 amide bonds. The summed E-state index contributed by atoms with van der Waals surface area (Å²) in [6.07, 6.45) is -4.77. The molecular formula is C59H64N4O13. The molecule has 0 unspecified atom stereocenters. The Morgan fingerprint density at radius 1 is 0.526 bits per heavy atom. The fourth-order valence-electron chi connectivity index (χ4n) is 7.72. The van der Waals surface area contributed by atoms with E-state index in [9.17, 15) is 39.0 Å². The number of carboxylic acid groups (broad SMARTS) is 1. The Hall–Kier alpha value is -8.70. The minimum atomic E-state index is -1.47. The van der Waals surface area contributed by atoms with Gasteiger partial charge in [0, 0.05) is 25.8 Å². The first-order chi connectivity index (χ1) is 36.5. The van der Waals surface area contributed by atoms with Gasteiger partial charge in [0.1, 0.15) is 55.9 Å². The van der Waals surface area contributed by atoms with E-state index in [-0.39, 0.29) is 45.8 Å². The Morgan fingerprint density at radius 2 is 1.00 bits per heavy atom. The molecule has 76 heavy (non-hydrogen) atoms. The predicted octanol–water partition coefficient (Wildman–Crippen LogP) is 8.50. The van der Waals surface area contributed by atoms with Gasteiger partial charge in [0.25, 0.3) is 0 Å². The summed E-state index contributed by atoms with van der Waals surface area (Å²) >= 11 is 0. The van der Waals surface area contributed by atoms with Crippen LogP contribution in [0.25, 0.3) is 11.1 Å². The first-order valence-electron chi connectivity index (χ1n) is 24.7. The van der Waals surface area contributed by atoms with Gasteiger partial charge in [-0.2, -0.15) is 0 Å². The molecule has 0 aliphatic heterocycles. The van der Waals surface area contributed by atoms with Crippen LogP contribution < -0.4 is 26.0 Å². The van der Waals surface area contributed by atoms with Crippen molar-refractivity contribution in [2.24, 2.45) is 0 Å². The number of carbonyl (C=O) groups excluding carboxylic acids is 5. The zero-order valence-electron chi connectivity index (χ0n) is 42.9. The number of carbonyl (C=O) groups is 6. The Labute approximate surface area is 441 Å². The van der Waals surface area contributed by atoms with E-state index >= 15 is 0 Å². The summed E-state index contributed by atoms with van der Waals surface area (Å²) in [6, 6.07) is 42.9. The molecule has 6 aromatic carbocycles. The summed E-state index contributed by atoms with van der Waals surface area (Å²) < 4.78 is 28.1. The lowest BCUT2D eigenvalue weighted by atomic mass is 9.93. The smallest absolute Gasteiger partial charge is 0.408 e. The highest BCUT2D eigenvalue weighted by Crippen LogP contribution is 2.31. The molecule has 4 atom stereocenters. The van der Waals surface area contributed by atoms with Crippen LogP contribution in [0.15, 0.2) is 158 Å². The van der Waals surface area contributed by atoms with Crippen molar-refractivity contribution in [3.05, 3.63) is 197 Å². The molecule has 17 nitrogen and oxygen atoms in total. The van der Waals surface area contributed by atoms with Gasteiger partial charge in [-0.1, -0.05) is 146 Å². The van der Waals surface area contributed by atoms with Crippen LogP contribution in [0.1, 0.15) is 66.1 Å². The SMILES string of the molecule is Cc1ccc(-c2ccc(OCc3ccccc3)c(C[C@H](NC(=O)OCc3ccccc3)C(=O)O)c2)cc1C[C@H](NC(=O)[C@H](C[C@@H](O)CNC(=O)OCc1ccccc1)NC(=O)OC(C)(C)C)C(=O)OCc1ccccc1. The van der Waals surface area contributed by atoms with Gasteiger partial charge >= 0.3 is 30.2 Å². The number of esters is 1. The fourth-order valence-corrected chi connectivity index (χ4v) is 7.72. The van der Waals surface area contributed by atoms with Gasteiger partial charge < -0.3 is 55.2 Å². The number of benzene rings is 6. The zero-order chi connectivity index (χ0) is 54.5. The Kier molecular flexibility index (Phi) is 20.9. The number of amides is 4. The van der Waals surface area contributed by atoms with Crippen LogP contribution >= 0.6 is 0 Å². The molecule has 0 aliphatic carbocycles. The Bertz CT molecular complexity index is 2860. The fraction of sp³-hybridized carbons (Fsp3) is 0.288. The van der Waals surface area contributed by atoms with Gasteiger partial charge in [0.05, 0.1) is 6.10 Å². The van der Waals surface area contributed by atoms with Crippen LogP contribution in [0.4, 0.5) is 14.4 Å². The maximum absolute atomic E-state index is 14.3. The maximum Gasteiger partial charge on any atom is 0.408 e. The molecule has 0 radical (unpaired) electrons. The number of carboxylic acids is 1. The first kappa shape index (κ1) is 56.6. The lowest BCUT2D eigenvalue weighted by molar-refractivity contribution is -0.149. The number of aliphatic carboxylic acids is 1. The topological polar surface area (TPSA) is 237 Å². The van der Waals surface area contributed by atoms with Crippen LogP contribution in [0.5, 0.6) is 5.75 Å². The molecule has 6 N–H and O–H groups in total. The van der Waals surface area contributed by atoms with Gasteiger partial charge in [-0.25, -0.2) is 24.0 Å². The third-order valence-corrected chi connectivity index (χ3v) is 11.7. The van der Waals surface area contributed by atoms with Gasteiger partial charge in [-0.15, -0.1) is 0 Å². The van der Waals surface area contributed by atoms with Crippen LogP contribution in [-0.2, 0) is 72.6 Å². The number of rotatable bonds is 24. The van der Waals surface area contributed by atoms with E-state index in [1.807, 2.05) is 73.7 Å². The molecule has 398 valence electrons. The second-order valence-electron chi connectivity index (χ2n) is 18.9. The second kappa shape index (κ2) is 28.1. The highest BCUT2D eigenvalue weighted by molar-refractivity contribution is 5.90. The molecule has 0 saturated carbocycles. The Balaban J connectivity index is 1.25. The molecule has 0 fully saturated rings. The number of nitrogens with one attached hydrogen (secondary N) is 4. The molecular weight excluding hydrogens is 973 g/mol. The second-order valence-corrected chi connectivity index (χ2v) is 18.9. The lowest BCUT2D eigenvalue weighted by Crippen LogP contribution is -2.54. The quantitative estimate of drug-likeness (QED) is 0.0247. The number of aryl methyl sites for hydroxylation is 1. The highest BCUT2D eigenvalue weighted by Gasteiger charge is 2.32. The van der Waals surface area contributed by atoms with E-state index in [4.69, 9.17) is 23.7 Å². The van der Waals surface area contributed by atoms with Crippen LogP contribution in [0, 0.1) is 6.92 Å². The normalized spacial score (nSPS) is 12.6. The van der Waals surface area contributed by atoms with Crippen LogP contribution in [0.2, 0.25) is 0 Å². The first-order valence-corrected chi connectivity index (χ1v) is 24.7. The predicted molar refractivity (Wildman–Crippen MR) is 283 cm³/mol. The molecule has 0 aromatic heterocycles. The molecule has 6 rings (SSSR count). The average molecular weight is 1040 g/mol. The molecule has 0 heterocycles. The number of hydrogen-bond acceptors (Lipinski definition) is 12. The third kappa shape index (κ3) is 19.0. The van der Waals surface area contributed by atoms with E-state index in [2.05, 4.69) is 21.3 Å². The van der Waals surface area contributed by atoms with E-state index in [1.165, 1.54) is 0 Å². The van der Waals surface area contributed by atoms with Gasteiger partial charge in [-0.3, -0.25) is 4.79 Å². The van der Waals surface area contributed by atoms with Crippen molar-refractivity contribution in [1.82, 2.24) is 21.3 Å². The number of aliphatic hydroxyl groups excluding tert-OH is 1. The molecule has 6 aromatic rings. The van der Waals surface area contributed by atoms with Gasteiger partial charge in [0.2, 0.25) is 5.91 Å². The molecule has 0 saturated heterocycles. The summed E-state index contributed by atoms with van der Waals surface area (Å²) in [5, 5.41) is 31.7. The zero-order valence-corrected chi connectivity index (χ0v) is 42.9. The van der Waals surface area contributed by atoms with Crippen molar-refractivity contribution in [3.63, 3.8) is 0 Å². The summed E-state index contributed by atoms with van der Waals surface area (Å²) in [6.45, 7) is 6.38. The van der Waals surface area contributed by atoms with Crippen LogP contribution in [-0.4, -0.2) is 82.7 Å². The third-order valence-electron chi connectivity index (χ3n) is 11.7. The minimum Gasteiger partial charge on any atom is -0.489 e. The van der Waals surface area contributed by atoms with E-state index in [0.29, 0.717) is 33.6 Å². The summed E-state index contributed by atoms with van der Waals surface area (Å²) in [5.74, 6) is -2.56. The summed E-state index contributed by atoms with van der Waals surface area (Å²) in [7, 11) is 0. The van der Waals surface area contributed by atoms with Crippen molar-refractivity contribution in [2.75, 3.05) is 6.54 Å². The maximum atomic E-state index is 14.3. The minimum absolute atomic E-state index is 0.0177. The lowest BCUT2D eigenvalue weighted by Gasteiger charge is -2.26. The van der Waals surface area contributed by atoms with Crippen molar-refractivity contribution in [1.29, 1.82) is 0 Å². The largest absolute Gasteiger partial charge is 0.489 e.